The van der Waals surface area contributed by atoms with Gasteiger partial charge in [0.1, 0.15) is 0 Å². The number of para-hydroxylation sites is 1. The van der Waals surface area contributed by atoms with Gasteiger partial charge >= 0.3 is 0 Å². The lowest BCUT2D eigenvalue weighted by Crippen LogP contribution is -2.13. The third kappa shape index (κ3) is 2.54. The van der Waals surface area contributed by atoms with Gasteiger partial charge in [0.15, 0.2) is 0 Å². The summed E-state index contributed by atoms with van der Waals surface area (Å²) in [6, 6.07) is 12.9. The lowest BCUT2D eigenvalue weighted by molar-refractivity contribution is 0.102. The molecule has 0 fully saturated rings. The van der Waals surface area contributed by atoms with Crippen LogP contribution in [0.1, 0.15) is 15.9 Å². The summed E-state index contributed by atoms with van der Waals surface area (Å²) in [7, 11) is 0. The predicted molar refractivity (Wildman–Crippen MR) is 77.7 cm³/mol. The van der Waals surface area contributed by atoms with Crippen molar-refractivity contribution in [3.63, 3.8) is 0 Å². The smallest absolute Gasteiger partial charge is 0.256 e. The standard InChI is InChI=1S/C14H13BrN2O/c1-9-5-2-3-8-12(9)17-14(18)10-6-4-7-11(16)13(10)15/h2-8H,16H2,1H3,(H,17,18). The fourth-order valence-electron chi connectivity index (χ4n) is 1.63. The molecule has 1 amide bonds. The van der Waals surface area contributed by atoms with Gasteiger partial charge in [-0.25, -0.2) is 0 Å². The maximum absolute atomic E-state index is 12.1. The van der Waals surface area contributed by atoms with Gasteiger partial charge in [0.25, 0.3) is 5.91 Å². The molecule has 0 aliphatic rings. The Morgan fingerprint density at radius 2 is 1.89 bits per heavy atom. The van der Waals surface area contributed by atoms with Gasteiger partial charge in [-0.2, -0.15) is 0 Å². The predicted octanol–water partition coefficient (Wildman–Crippen LogP) is 3.59. The van der Waals surface area contributed by atoms with Crippen LogP contribution in [0.25, 0.3) is 0 Å². The van der Waals surface area contributed by atoms with E-state index >= 15 is 0 Å². The summed E-state index contributed by atoms with van der Waals surface area (Å²) in [5, 5.41) is 2.87. The Balaban J connectivity index is 2.28. The molecule has 92 valence electrons. The van der Waals surface area contributed by atoms with E-state index in [4.69, 9.17) is 5.73 Å². The van der Waals surface area contributed by atoms with Gasteiger partial charge in [0.2, 0.25) is 0 Å². The van der Waals surface area contributed by atoms with Crippen LogP contribution in [0, 0.1) is 6.92 Å². The van der Waals surface area contributed by atoms with Crippen molar-refractivity contribution in [3.8, 4) is 0 Å². The summed E-state index contributed by atoms with van der Waals surface area (Å²) >= 11 is 3.33. The number of hydrogen-bond acceptors (Lipinski definition) is 2. The van der Waals surface area contributed by atoms with E-state index in [0.717, 1.165) is 11.3 Å². The third-order valence-corrected chi connectivity index (χ3v) is 3.55. The quantitative estimate of drug-likeness (QED) is 0.833. The van der Waals surface area contributed by atoms with E-state index in [1.165, 1.54) is 0 Å². The molecule has 0 aliphatic heterocycles. The number of aryl methyl sites for hydroxylation is 1. The van der Waals surface area contributed by atoms with Crippen LogP contribution >= 0.6 is 15.9 Å². The van der Waals surface area contributed by atoms with E-state index in [2.05, 4.69) is 21.2 Å². The summed E-state index contributed by atoms with van der Waals surface area (Å²) in [4.78, 5) is 12.1. The molecule has 0 atom stereocenters. The minimum absolute atomic E-state index is 0.177. The fourth-order valence-corrected chi connectivity index (χ4v) is 2.07. The summed E-state index contributed by atoms with van der Waals surface area (Å²) in [5.41, 5.74) is 8.65. The molecule has 2 rings (SSSR count). The van der Waals surface area contributed by atoms with Crippen molar-refractivity contribution in [2.24, 2.45) is 0 Å². The maximum Gasteiger partial charge on any atom is 0.256 e. The van der Waals surface area contributed by atoms with Crippen LogP contribution in [0.15, 0.2) is 46.9 Å². The van der Waals surface area contributed by atoms with Gasteiger partial charge in [-0.1, -0.05) is 24.3 Å². The Kier molecular flexibility index (Phi) is 3.67. The van der Waals surface area contributed by atoms with Crippen molar-refractivity contribution < 1.29 is 4.79 Å². The number of halogens is 1. The monoisotopic (exact) mass is 304 g/mol. The first-order chi connectivity index (χ1) is 8.59. The number of nitrogen functional groups attached to an aromatic ring is 1. The van der Waals surface area contributed by atoms with E-state index in [1.807, 2.05) is 31.2 Å². The molecule has 3 N–H and O–H groups in total. The first-order valence-corrected chi connectivity index (χ1v) is 6.30. The van der Waals surface area contributed by atoms with Crippen LogP contribution in [-0.4, -0.2) is 5.91 Å². The number of carbonyl (C=O) groups excluding carboxylic acids is 1. The Bertz CT molecular complexity index is 596. The van der Waals surface area contributed by atoms with Crippen molar-refractivity contribution in [2.45, 2.75) is 6.92 Å². The largest absolute Gasteiger partial charge is 0.398 e. The number of rotatable bonds is 2. The molecule has 0 unspecified atom stereocenters. The molecule has 3 nitrogen and oxygen atoms in total. The van der Waals surface area contributed by atoms with Gasteiger partial charge < -0.3 is 11.1 Å². The average Bonchev–Trinajstić information content (AvgIpc) is 2.35. The molecule has 0 heterocycles. The fraction of sp³-hybridized carbons (Fsp3) is 0.0714. The molecule has 18 heavy (non-hydrogen) atoms. The highest BCUT2D eigenvalue weighted by Crippen LogP contribution is 2.25. The topological polar surface area (TPSA) is 55.1 Å². The summed E-state index contributed by atoms with van der Waals surface area (Å²) in [6.07, 6.45) is 0. The zero-order chi connectivity index (χ0) is 13.1. The third-order valence-electron chi connectivity index (χ3n) is 2.67. The van der Waals surface area contributed by atoms with Crippen LogP contribution in [0.2, 0.25) is 0 Å². The van der Waals surface area contributed by atoms with Gasteiger partial charge in [-0.05, 0) is 46.6 Å². The molecule has 0 saturated heterocycles. The van der Waals surface area contributed by atoms with Gasteiger partial charge in [0.05, 0.1) is 10.0 Å². The van der Waals surface area contributed by atoms with Crippen LogP contribution < -0.4 is 11.1 Å². The molecular formula is C14H13BrN2O. The van der Waals surface area contributed by atoms with E-state index in [9.17, 15) is 4.79 Å². The Morgan fingerprint density at radius 3 is 2.61 bits per heavy atom. The van der Waals surface area contributed by atoms with Crippen molar-refractivity contribution >= 4 is 33.2 Å². The SMILES string of the molecule is Cc1ccccc1NC(=O)c1cccc(N)c1Br. The molecule has 2 aromatic rings. The first kappa shape index (κ1) is 12.6. The molecule has 0 aromatic heterocycles. The van der Waals surface area contributed by atoms with E-state index in [-0.39, 0.29) is 5.91 Å². The number of carbonyl (C=O) groups is 1. The Morgan fingerprint density at radius 1 is 1.17 bits per heavy atom. The second-order valence-electron chi connectivity index (χ2n) is 3.98. The van der Waals surface area contributed by atoms with E-state index < -0.39 is 0 Å². The molecule has 4 heteroatoms. The second-order valence-corrected chi connectivity index (χ2v) is 4.77. The zero-order valence-electron chi connectivity index (χ0n) is 9.91. The van der Waals surface area contributed by atoms with Crippen LogP contribution in [0.5, 0.6) is 0 Å². The van der Waals surface area contributed by atoms with Crippen LogP contribution in [-0.2, 0) is 0 Å². The molecule has 0 saturated carbocycles. The number of benzene rings is 2. The lowest BCUT2D eigenvalue weighted by atomic mass is 10.1. The first-order valence-electron chi connectivity index (χ1n) is 5.50. The number of nitrogens with one attached hydrogen (secondary N) is 1. The van der Waals surface area contributed by atoms with Crippen LogP contribution in [0.4, 0.5) is 11.4 Å². The summed E-state index contributed by atoms with van der Waals surface area (Å²) < 4.78 is 0.621. The Hall–Kier alpha value is -1.81. The second kappa shape index (κ2) is 5.23. The van der Waals surface area contributed by atoms with Crippen molar-refractivity contribution in [1.82, 2.24) is 0 Å². The minimum Gasteiger partial charge on any atom is -0.398 e. The van der Waals surface area contributed by atoms with E-state index in [0.29, 0.717) is 15.7 Å². The molecule has 0 aliphatic carbocycles. The number of anilines is 2. The van der Waals surface area contributed by atoms with Crippen molar-refractivity contribution in [2.75, 3.05) is 11.1 Å². The average molecular weight is 305 g/mol. The van der Waals surface area contributed by atoms with E-state index in [1.54, 1.807) is 18.2 Å². The zero-order valence-corrected chi connectivity index (χ0v) is 11.5. The normalized spacial score (nSPS) is 10.1. The highest BCUT2D eigenvalue weighted by Gasteiger charge is 2.12. The lowest BCUT2D eigenvalue weighted by Gasteiger charge is -2.10. The maximum atomic E-state index is 12.1. The van der Waals surface area contributed by atoms with Crippen LogP contribution in [0.3, 0.4) is 0 Å². The van der Waals surface area contributed by atoms with Gasteiger partial charge in [-0.15, -0.1) is 0 Å². The molecule has 0 radical (unpaired) electrons. The highest BCUT2D eigenvalue weighted by molar-refractivity contribution is 9.10. The number of hydrogen-bond donors (Lipinski definition) is 2. The number of nitrogens with two attached hydrogens (primary N) is 1. The van der Waals surface area contributed by atoms with Gasteiger partial charge in [-0.3, -0.25) is 4.79 Å². The summed E-state index contributed by atoms with van der Waals surface area (Å²) in [6.45, 7) is 1.95. The summed E-state index contributed by atoms with van der Waals surface area (Å²) in [5.74, 6) is -0.177. The van der Waals surface area contributed by atoms with Crippen molar-refractivity contribution in [3.05, 3.63) is 58.1 Å². The highest BCUT2D eigenvalue weighted by atomic mass is 79.9. The minimum atomic E-state index is -0.177. The molecule has 2 aromatic carbocycles. The Labute approximate surface area is 114 Å². The van der Waals surface area contributed by atoms with Crippen molar-refractivity contribution in [1.29, 1.82) is 0 Å². The molecule has 0 bridgehead atoms. The number of amides is 1. The molecular weight excluding hydrogens is 292 g/mol. The molecule has 0 spiro atoms. The van der Waals surface area contributed by atoms with Gasteiger partial charge in [0, 0.05) is 11.4 Å².